The van der Waals surface area contributed by atoms with Crippen LogP contribution < -0.4 is 4.90 Å². The van der Waals surface area contributed by atoms with E-state index < -0.39 is 0 Å². The highest BCUT2D eigenvalue weighted by Gasteiger charge is 2.50. The minimum Gasteiger partial charge on any atom is -0.468 e. The highest BCUT2D eigenvalue weighted by Crippen LogP contribution is 2.51. The predicted octanol–water partition coefficient (Wildman–Crippen LogP) is 6.16. The topological polar surface area (TPSA) is 58.8 Å². The summed E-state index contributed by atoms with van der Waals surface area (Å²) in [6, 6.07) is 20.9. The molecular weight excluding hydrogens is 426 g/mol. The first-order valence-corrected chi connectivity index (χ1v) is 12.0. The zero-order chi connectivity index (χ0) is 23.5. The average Bonchev–Trinajstić information content (AvgIpc) is 3.61. The van der Waals surface area contributed by atoms with Crippen molar-refractivity contribution in [1.82, 2.24) is 10.1 Å². The second-order valence-electron chi connectivity index (χ2n) is 10.0. The van der Waals surface area contributed by atoms with E-state index in [1.165, 1.54) is 0 Å². The Bertz CT molecular complexity index is 1110. The Morgan fingerprint density at radius 3 is 2.15 bits per heavy atom. The van der Waals surface area contributed by atoms with Gasteiger partial charge in [0.25, 0.3) is 0 Å². The fourth-order valence-corrected chi connectivity index (χ4v) is 5.22. The van der Waals surface area contributed by atoms with Gasteiger partial charge >= 0.3 is 0 Å². The minimum atomic E-state index is 0.138. The van der Waals surface area contributed by atoms with E-state index >= 15 is 0 Å². The van der Waals surface area contributed by atoms with E-state index in [0.717, 1.165) is 54.6 Å². The second-order valence-corrected chi connectivity index (χ2v) is 10.0. The van der Waals surface area contributed by atoms with Crippen LogP contribution in [0.15, 0.2) is 86.5 Å². The first-order chi connectivity index (χ1) is 16.5. The summed E-state index contributed by atoms with van der Waals surface area (Å²) in [5, 5.41) is 4.40. The molecule has 178 valence electrons. The van der Waals surface area contributed by atoms with Gasteiger partial charge in [-0.3, -0.25) is 4.90 Å². The molecular formula is C28H33N3O3. The van der Waals surface area contributed by atoms with Crippen LogP contribution in [0.5, 0.6) is 0 Å². The molecule has 0 N–H and O–H groups in total. The molecule has 0 amide bonds. The number of para-hydroxylation sites is 1. The van der Waals surface area contributed by atoms with Gasteiger partial charge in [0.2, 0.25) is 0 Å². The van der Waals surface area contributed by atoms with Crippen molar-refractivity contribution in [2.24, 2.45) is 11.3 Å². The van der Waals surface area contributed by atoms with Crippen molar-refractivity contribution in [2.75, 3.05) is 11.9 Å². The maximum absolute atomic E-state index is 5.68. The number of rotatable bonds is 10. The fourth-order valence-electron chi connectivity index (χ4n) is 5.22. The van der Waals surface area contributed by atoms with Crippen molar-refractivity contribution in [3.8, 4) is 0 Å². The van der Waals surface area contributed by atoms with Crippen molar-refractivity contribution in [3.63, 3.8) is 0 Å². The van der Waals surface area contributed by atoms with E-state index in [9.17, 15) is 0 Å². The maximum Gasteiger partial charge on any atom is 0.156 e. The summed E-state index contributed by atoms with van der Waals surface area (Å²) in [5.74, 6) is 3.40. The van der Waals surface area contributed by atoms with Gasteiger partial charge in [0, 0.05) is 24.8 Å². The van der Waals surface area contributed by atoms with Crippen LogP contribution in [0, 0.1) is 11.3 Å². The Hall–Kier alpha value is -3.25. The molecule has 6 heteroatoms. The lowest BCUT2D eigenvalue weighted by Crippen LogP contribution is -2.58. The number of nitrogens with zero attached hydrogens (tertiary/aromatic N) is 3. The lowest BCUT2D eigenvalue weighted by Gasteiger charge is -2.56. The first kappa shape index (κ1) is 22.5. The van der Waals surface area contributed by atoms with Crippen LogP contribution in [0.4, 0.5) is 5.69 Å². The van der Waals surface area contributed by atoms with E-state index in [1.807, 2.05) is 42.5 Å². The van der Waals surface area contributed by atoms with Crippen LogP contribution in [0.3, 0.4) is 0 Å². The standard InChI is InChI=1S/C28H33N3O3/c1-28(2)21(15-22-17-26(34-29-22)18-30(3)23-9-5-4-6-10-23)16-27(28)31(19-24-11-7-13-32-24)20-25-12-8-14-33-25/h4-14,17,21,27H,15-16,18-20H2,1-3H3. The maximum atomic E-state index is 5.68. The SMILES string of the molecule is CN(Cc1cc(CC2CC(N(Cc3ccco3)Cc3ccco3)C2(C)C)no1)c1ccccc1. The minimum absolute atomic E-state index is 0.138. The van der Waals surface area contributed by atoms with Crippen LogP contribution in [0.1, 0.15) is 43.2 Å². The number of hydrogen-bond acceptors (Lipinski definition) is 6. The molecule has 0 saturated heterocycles. The Morgan fingerprint density at radius 2 is 1.56 bits per heavy atom. The molecule has 1 aliphatic carbocycles. The Morgan fingerprint density at radius 1 is 0.882 bits per heavy atom. The second kappa shape index (κ2) is 9.55. The summed E-state index contributed by atoms with van der Waals surface area (Å²) in [7, 11) is 2.07. The van der Waals surface area contributed by atoms with Gasteiger partial charge in [0.05, 0.1) is 37.9 Å². The summed E-state index contributed by atoms with van der Waals surface area (Å²) in [5.41, 5.74) is 2.34. The molecule has 2 unspecified atom stereocenters. The van der Waals surface area contributed by atoms with Gasteiger partial charge < -0.3 is 18.3 Å². The highest BCUT2D eigenvalue weighted by atomic mass is 16.5. The predicted molar refractivity (Wildman–Crippen MR) is 131 cm³/mol. The first-order valence-electron chi connectivity index (χ1n) is 12.0. The van der Waals surface area contributed by atoms with Gasteiger partial charge in [-0.05, 0) is 60.6 Å². The molecule has 1 aliphatic rings. The summed E-state index contributed by atoms with van der Waals surface area (Å²) < 4.78 is 17.0. The molecule has 1 saturated carbocycles. The third-order valence-corrected chi connectivity index (χ3v) is 7.39. The summed E-state index contributed by atoms with van der Waals surface area (Å²) >= 11 is 0. The van der Waals surface area contributed by atoms with Crippen molar-refractivity contribution in [1.29, 1.82) is 0 Å². The molecule has 6 nitrogen and oxygen atoms in total. The molecule has 1 aromatic carbocycles. The van der Waals surface area contributed by atoms with Crippen LogP contribution in [0.25, 0.3) is 0 Å². The quantitative estimate of drug-likeness (QED) is 0.283. The van der Waals surface area contributed by atoms with Crippen LogP contribution in [-0.2, 0) is 26.1 Å². The van der Waals surface area contributed by atoms with Gasteiger partial charge in [-0.2, -0.15) is 0 Å². The molecule has 1 fully saturated rings. The number of benzene rings is 1. The molecule has 5 rings (SSSR count). The molecule has 3 aromatic heterocycles. The number of hydrogen-bond donors (Lipinski definition) is 0. The van der Waals surface area contributed by atoms with Gasteiger partial charge in [0.15, 0.2) is 5.76 Å². The van der Waals surface area contributed by atoms with Crippen LogP contribution in [-0.4, -0.2) is 23.1 Å². The number of aromatic nitrogens is 1. The molecule has 0 aliphatic heterocycles. The molecule has 0 spiro atoms. The summed E-state index contributed by atoms with van der Waals surface area (Å²) in [4.78, 5) is 4.66. The number of furan rings is 2. The lowest BCUT2D eigenvalue weighted by atomic mass is 9.56. The Labute approximate surface area is 201 Å². The molecule has 2 atom stereocenters. The van der Waals surface area contributed by atoms with Gasteiger partial charge in [-0.1, -0.05) is 37.2 Å². The van der Waals surface area contributed by atoms with Crippen molar-refractivity contribution in [2.45, 2.75) is 52.4 Å². The van der Waals surface area contributed by atoms with E-state index in [1.54, 1.807) is 12.5 Å². The molecule has 4 aromatic rings. The van der Waals surface area contributed by atoms with Crippen molar-refractivity contribution < 1.29 is 13.4 Å². The largest absolute Gasteiger partial charge is 0.468 e. The van der Waals surface area contributed by atoms with Crippen molar-refractivity contribution >= 4 is 5.69 Å². The van der Waals surface area contributed by atoms with Crippen LogP contribution >= 0.6 is 0 Å². The average molecular weight is 460 g/mol. The van der Waals surface area contributed by atoms with Gasteiger partial charge in [0.1, 0.15) is 11.5 Å². The molecule has 3 heterocycles. The van der Waals surface area contributed by atoms with E-state index in [0.29, 0.717) is 18.5 Å². The Kier molecular flexibility index (Phi) is 6.33. The molecule has 0 radical (unpaired) electrons. The zero-order valence-corrected chi connectivity index (χ0v) is 20.2. The third kappa shape index (κ3) is 4.82. The number of anilines is 1. The van der Waals surface area contributed by atoms with Crippen molar-refractivity contribution in [3.05, 3.63) is 96.2 Å². The van der Waals surface area contributed by atoms with Gasteiger partial charge in [-0.25, -0.2) is 0 Å². The smallest absolute Gasteiger partial charge is 0.156 e. The van der Waals surface area contributed by atoms with Gasteiger partial charge in [-0.15, -0.1) is 0 Å². The van der Waals surface area contributed by atoms with E-state index in [4.69, 9.17) is 13.4 Å². The molecule has 34 heavy (non-hydrogen) atoms. The van der Waals surface area contributed by atoms with Crippen LogP contribution in [0.2, 0.25) is 0 Å². The highest BCUT2D eigenvalue weighted by molar-refractivity contribution is 5.45. The molecule has 0 bridgehead atoms. The van der Waals surface area contributed by atoms with E-state index in [-0.39, 0.29) is 5.41 Å². The normalized spacial score (nSPS) is 19.3. The Balaban J connectivity index is 1.22. The lowest BCUT2D eigenvalue weighted by molar-refractivity contribution is -0.0751. The fraction of sp³-hybridized carbons (Fsp3) is 0.393. The third-order valence-electron chi connectivity index (χ3n) is 7.39. The van der Waals surface area contributed by atoms with E-state index in [2.05, 4.69) is 54.1 Å². The summed E-state index contributed by atoms with van der Waals surface area (Å²) in [6.45, 7) is 6.98. The zero-order valence-electron chi connectivity index (χ0n) is 20.2. The monoisotopic (exact) mass is 459 g/mol. The summed E-state index contributed by atoms with van der Waals surface area (Å²) in [6.07, 6.45) is 5.52.